The van der Waals surface area contributed by atoms with Crippen molar-refractivity contribution in [1.29, 1.82) is 0 Å². The van der Waals surface area contributed by atoms with E-state index in [0.29, 0.717) is 0 Å². The van der Waals surface area contributed by atoms with E-state index in [1.165, 1.54) is 6.42 Å². The highest BCUT2D eigenvalue weighted by atomic mass is 14.7. The second kappa shape index (κ2) is 2.31. The molecule has 0 heterocycles. The zero-order valence-corrected chi connectivity index (χ0v) is 10.4. The molecule has 0 spiro atoms. The minimum atomic E-state index is 0.721. The van der Waals surface area contributed by atoms with Gasteiger partial charge in [0, 0.05) is 0 Å². The van der Waals surface area contributed by atoms with Crippen molar-refractivity contribution in [2.24, 2.45) is 40.4 Å². The fourth-order valence-electron chi connectivity index (χ4n) is 6.42. The summed E-state index contributed by atoms with van der Waals surface area (Å²) in [5, 5.41) is 0. The van der Waals surface area contributed by atoms with Gasteiger partial charge in [-0.15, -0.1) is 0 Å². The third-order valence-electron chi connectivity index (χ3n) is 7.57. The molecular weight excluding hydrogens is 180 g/mol. The van der Waals surface area contributed by atoms with Crippen molar-refractivity contribution in [3.63, 3.8) is 0 Å². The molecule has 84 valence electrons. The zero-order chi connectivity index (χ0) is 10.4. The van der Waals surface area contributed by atoms with Gasteiger partial charge in [-0.05, 0) is 72.5 Å². The van der Waals surface area contributed by atoms with E-state index in [1.807, 2.05) is 0 Å². The van der Waals surface area contributed by atoms with E-state index < -0.39 is 0 Å². The van der Waals surface area contributed by atoms with E-state index >= 15 is 0 Å². The van der Waals surface area contributed by atoms with Gasteiger partial charge in [0.05, 0.1) is 0 Å². The molecule has 7 unspecified atom stereocenters. The van der Waals surface area contributed by atoms with Crippen LogP contribution in [0.15, 0.2) is 0 Å². The molecule has 0 aromatic heterocycles. The summed E-state index contributed by atoms with van der Waals surface area (Å²) in [6.45, 7) is 7.83. The molecule has 15 heavy (non-hydrogen) atoms. The lowest BCUT2D eigenvalue weighted by atomic mass is 9.58. The number of hydrogen-bond acceptors (Lipinski definition) is 0. The minimum Gasteiger partial charge on any atom is -0.0617 e. The van der Waals surface area contributed by atoms with Crippen LogP contribution < -0.4 is 0 Å². The molecule has 0 radical (unpaired) electrons. The molecule has 0 aromatic rings. The van der Waals surface area contributed by atoms with E-state index in [9.17, 15) is 0 Å². The summed E-state index contributed by atoms with van der Waals surface area (Å²) in [6.07, 6.45) is 7.85. The predicted octanol–water partition coefficient (Wildman–Crippen LogP) is 4.10. The summed E-state index contributed by atoms with van der Waals surface area (Å²) in [6, 6.07) is 0. The quantitative estimate of drug-likeness (QED) is 0.557. The van der Waals surface area contributed by atoms with Crippen LogP contribution >= 0.6 is 0 Å². The molecule has 0 aromatic carbocycles. The summed E-state index contributed by atoms with van der Waals surface area (Å²) in [7, 11) is 0. The van der Waals surface area contributed by atoms with Crippen molar-refractivity contribution in [1.82, 2.24) is 0 Å². The molecule has 0 saturated heterocycles. The van der Waals surface area contributed by atoms with Crippen LogP contribution in [-0.4, -0.2) is 0 Å². The van der Waals surface area contributed by atoms with Crippen molar-refractivity contribution in [2.45, 2.75) is 52.9 Å². The first kappa shape index (κ1) is 9.07. The first-order valence-electron chi connectivity index (χ1n) is 7.05. The van der Waals surface area contributed by atoms with Crippen LogP contribution in [0.4, 0.5) is 0 Å². The molecule has 0 nitrogen and oxygen atoms in total. The minimum absolute atomic E-state index is 0.721. The van der Waals surface area contributed by atoms with E-state index in [1.54, 1.807) is 25.7 Å². The molecule has 7 atom stereocenters. The topological polar surface area (TPSA) is 0 Å². The van der Waals surface area contributed by atoms with Gasteiger partial charge in [-0.1, -0.05) is 20.8 Å². The monoisotopic (exact) mass is 204 g/mol. The summed E-state index contributed by atoms with van der Waals surface area (Å²) < 4.78 is 0. The highest BCUT2D eigenvalue weighted by Gasteiger charge is 2.67. The smallest absolute Gasteiger partial charge is 0.0263 e. The van der Waals surface area contributed by atoms with Gasteiger partial charge in [0.15, 0.2) is 0 Å². The standard InChI is InChI=1S/C15H24/c1-9-11-6-10-7-12(11)15(3)5-4-14(9,2)8-13(10)15/h9-13H,4-8H2,1-3H3. The molecule has 6 rings (SSSR count). The molecule has 0 heteroatoms. The Hall–Kier alpha value is 0. The van der Waals surface area contributed by atoms with Crippen LogP contribution in [0, 0.1) is 40.4 Å². The van der Waals surface area contributed by atoms with Gasteiger partial charge in [-0.2, -0.15) is 0 Å². The molecular formula is C15H24. The lowest BCUT2D eigenvalue weighted by Crippen LogP contribution is -2.39. The number of fused-ring (bicyclic) bond motifs is 1. The molecule has 6 bridgehead atoms. The third kappa shape index (κ3) is 0.806. The maximum absolute atomic E-state index is 2.64. The number of hydrogen-bond donors (Lipinski definition) is 0. The first-order chi connectivity index (χ1) is 7.05. The average Bonchev–Trinajstić information content (AvgIpc) is 2.69. The van der Waals surface area contributed by atoms with E-state index in [2.05, 4.69) is 20.8 Å². The maximum Gasteiger partial charge on any atom is -0.0263 e. The summed E-state index contributed by atoms with van der Waals surface area (Å²) in [4.78, 5) is 0. The van der Waals surface area contributed by atoms with Gasteiger partial charge in [-0.25, -0.2) is 0 Å². The largest absolute Gasteiger partial charge is 0.0617 e. The average molecular weight is 204 g/mol. The van der Waals surface area contributed by atoms with Crippen molar-refractivity contribution in [2.75, 3.05) is 0 Å². The Balaban J connectivity index is 1.91. The van der Waals surface area contributed by atoms with Gasteiger partial charge in [0.2, 0.25) is 0 Å². The van der Waals surface area contributed by atoms with Crippen LogP contribution in [0.1, 0.15) is 52.9 Å². The molecule has 6 aliphatic rings. The Labute approximate surface area is 93.8 Å². The molecule has 6 saturated carbocycles. The lowest BCUT2D eigenvalue weighted by Gasteiger charge is -2.47. The van der Waals surface area contributed by atoms with Gasteiger partial charge < -0.3 is 0 Å². The second-order valence-corrected chi connectivity index (χ2v) is 7.76. The normalized spacial score (nSPS) is 70.2. The predicted molar refractivity (Wildman–Crippen MR) is 62.4 cm³/mol. The second-order valence-electron chi connectivity index (χ2n) is 7.76. The van der Waals surface area contributed by atoms with Crippen molar-refractivity contribution < 1.29 is 0 Å². The van der Waals surface area contributed by atoms with E-state index in [0.717, 1.165) is 40.4 Å². The van der Waals surface area contributed by atoms with Gasteiger partial charge in [0.1, 0.15) is 0 Å². The Morgan fingerprint density at radius 2 is 1.80 bits per heavy atom. The Bertz CT molecular complexity index is 316. The first-order valence-corrected chi connectivity index (χ1v) is 7.05. The number of rotatable bonds is 0. The highest BCUT2D eigenvalue weighted by Crippen LogP contribution is 2.75. The van der Waals surface area contributed by atoms with E-state index in [4.69, 9.17) is 0 Å². The molecule has 6 aliphatic carbocycles. The molecule has 0 amide bonds. The Kier molecular flexibility index (Phi) is 1.40. The van der Waals surface area contributed by atoms with Crippen molar-refractivity contribution >= 4 is 0 Å². The molecule has 6 fully saturated rings. The SMILES string of the molecule is CC1C2CC3CC2C2(C)CCC1(C)CC32. The summed E-state index contributed by atoms with van der Waals surface area (Å²) in [5.74, 6) is 5.48. The Morgan fingerprint density at radius 1 is 1.00 bits per heavy atom. The van der Waals surface area contributed by atoms with Gasteiger partial charge in [-0.3, -0.25) is 0 Å². The third-order valence-corrected chi connectivity index (χ3v) is 7.57. The highest BCUT2D eigenvalue weighted by molar-refractivity contribution is 5.16. The zero-order valence-electron chi connectivity index (χ0n) is 10.4. The molecule has 0 aliphatic heterocycles. The lowest BCUT2D eigenvalue weighted by molar-refractivity contribution is 0.0235. The van der Waals surface area contributed by atoms with E-state index in [-0.39, 0.29) is 0 Å². The fraction of sp³-hybridized carbons (Fsp3) is 1.00. The van der Waals surface area contributed by atoms with Crippen LogP contribution in [0.3, 0.4) is 0 Å². The summed E-state index contributed by atoms with van der Waals surface area (Å²) >= 11 is 0. The Morgan fingerprint density at radius 3 is 2.60 bits per heavy atom. The van der Waals surface area contributed by atoms with Crippen LogP contribution in [0.2, 0.25) is 0 Å². The van der Waals surface area contributed by atoms with Crippen molar-refractivity contribution in [3.05, 3.63) is 0 Å². The van der Waals surface area contributed by atoms with Gasteiger partial charge in [0.25, 0.3) is 0 Å². The van der Waals surface area contributed by atoms with Crippen molar-refractivity contribution in [3.8, 4) is 0 Å². The fourth-order valence-corrected chi connectivity index (χ4v) is 6.42. The maximum atomic E-state index is 2.64. The summed E-state index contributed by atoms with van der Waals surface area (Å²) in [5.41, 5.74) is 1.50. The molecule has 0 N–H and O–H groups in total. The van der Waals surface area contributed by atoms with Gasteiger partial charge >= 0.3 is 0 Å². The van der Waals surface area contributed by atoms with Crippen LogP contribution in [0.5, 0.6) is 0 Å². The van der Waals surface area contributed by atoms with Crippen LogP contribution in [-0.2, 0) is 0 Å². The van der Waals surface area contributed by atoms with Crippen LogP contribution in [0.25, 0.3) is 0 Å².